The Morgan fingerprint density at radius 1 is 1.31 bits per heavy atom. The number of ether oxygens (including phenoxy) is 1. The highest BCUT2D eigenvalue weighted by Gasteiger charge is 2.34. The van der Waals surface area contributed by atoms with Crippen molar-refractivity contribution in [3.63, 3.8) is 0 Å². The number of anilines is 1. The molecule has 1 aromatic heterocycles. The van der Waals surface area contributed by atoms with E-state index in [0.29, 0.717) is 24.7 Å². The van der Waals surface area contributed by atoms with Crippen LogP contribution in [0.4, 0.5) is 5.13 Å². The van der Waals surface area contributed by atoms with E-state index in [0.717, 1.165) is 26.7 Å². The van der Waals surface area contributed by atoms with Crippen LogP contribution in [-0.4, -0.2) is 31.1 Å². The Morgan fingerprint density at radius 2 is 2.12 bits per heavy atom. The molecular formula is C19H18ClN3O2S. The molecule has 0 atom stereocenters. The number of fused-ring (bicyclic) bond motifs is 1. The van der Waals surface area contributed by atoms with Gasteiger partial charge in [0.2, 0.25) is 5.91 Å². The third-order valence-corrected chi connectivity index (χ3v) is 5.97. The molecule has 1 aliphatic heterocycles. The van der Waals surface area contributed by atoms with E-state index >= 15 is 0 Å². The standard InChI is InChI=1S/C19H18ClN3O2S/c1-25-15-7-4-8-16-17(15)22-19(26-16)23-10-13(11-23)18(24)21-9-12-5-2-3-6-14(12)20/h2-8,13H,9-11H2,1H3,(H,21,24). The second-order valence-electron chi connectivity index (χ2n) is 6.21. The van der Waals surface area contributed by atoms with E-state index in [1.807, 2.05) is 42.5 Å². The lowest BCUT2D eigenvalue weighted by molar-refractivity contribution is -0.125. The normalized spacial score (nSPS) is 14.3. The van der Waals surface area contributed by atoms with E-state index < -0.39 is 0 Å². The van der Waals surface area contributed by atoms with E-state index in [1.54, 1.807) is 18.4 Å². The first-order valence-electron chi connectivity index (χ1n) is 8.35. The molecule has 0 aliphatic carbocycles. The zero-order valence-corrected chi connectivity index (χ0v) is 15.8. The summed E-state index contributed by atoms with van der Waals surface area (Å²) in [6, 6.07) is 13.5. The molecule has 1 fully saturated rings. The summed E-state index contributed by atoms with van der Waals surface area (Å²) in [7, 11) is 1.65. The molecule has 3 aromatic rings. The molecule has 0 bridgehead atoms. The number of thiazole rings is 1. The minimum Gasteiger partial charge on any atom is -0.494 e. The third-order valence-electron chi connectivity index (χ3n) is 4.52. The van der Waals surface area contributed by atoms with Crippen molar-refractivity contribution < 1.29 is 9.53 Å². The summed E-state index contributed by atoms with van der Waals surface area (Å²) in [5, 5.41) is 4.57. The number of para-hydroxylation sites is 1. The number of nitrogens with one attached hydrogen (secondary N) is 1. The predicted molar refractivity (Wildman–Crippen MR) is 105 cm³/mol. The summed E-state index contributed by atoms with van der Waals surface area (Å²) >= 11 is 7.75. The topological polar surface area (TPSA) is 54.5 Å². The van der Waals surface area contributed by atoms with Gasteiger partial charge in [-0.15, -0.1) is 0 Å². The fraction of sp³-hybridized carbons (Fsp3) is 0.263. The van der Waals surface area contributed by atoms with Crippen LogP contribution in [0.5, 0.6) is 5.75 Å². The van der Waals surface area contributed by atoms with E-state index in [-0.39, 0.29) is 11.8 Å². The molecule has 5 nitrogen and oxygen atoms in total. The molecule has 0 saturated carbocycles. The van der Waals surface area contributed by atoms with Crippen LogP contribution < -0.4 is 15.0 Å². The van der Waals surface area contributed by atoms with Gasteiger partial charge in [0.05, 0.1) is 17.7 Å². The van der Waals surface area contributed by atoms with Gasteiger partial charge in [0.1, 0.15) is 11.3 Å². The van der Waals surface area contributed by atoms with E-state index in [4.69, 9.17) is 16.3 Å². The Hall–Kier alpha value is -2.31. The van der Waals surface area contributed by atoms with Crippen LogP contribution in [0.3, 0.4) is 0 Å². The maximum Gasteiger partial charge on any atom is 0.226 e. The number of rotatable bonds is 5. The van der Waals surface area contributed by atoms with Gasteiger partial charge in [-0.25, -0.2) is 4.98 Å². The number of benzene rings is 2. The Balaban J connectivity index is 1.36. The van der Waals surface area contributed by atoms with Gasteiger partial charge in [-0.3, -0.25) is 4.79 Å². The average molecular weight is 388 g/mol. The van der Waals surface area contributed by atoms with Gasteiger partial charge in [-0.05, 0) is 23.8 Å². The van der Waals surface area contributed by atoms with Crippen molar-refractivity contribution in [3.8, 4) is 5.75 Å². The van der Waals surface area contributed by atoms with Crippen LogP contribution in [0.15, 0.2) is 42.5 Å². The van der Waals surface area contributed by atoms with Crippen molar-refractivity contribution in [2.75, 3.05) is 25.1 Å². The average Bonchev–Trinajstić information content (AvgIpc) is 3.03. The number of carbonyl (C=O) groups is 1. The maximum absolute atomic E-state index is 12.3. The SMILES string of the molecule is COc1cccc2sc(N3CC(C(=O)NCc4ccccc4Cl)C3)nc12. The molecule has 1 N–H and O–H groups in total. The Kier molecular flexibility index (Phi) is 4.70. The van der Waals surface area contributed by atoms with Gasteiger partial charge in [0.25, 0.3) is 0 Å². The highest BCUT2D eigenvalue weighted by Crippen LogP contribution is 2.36. The summed E-state index contributed by atoms with van der Waals surface area (Å²) < 4.78 is 6.45. The monoisotopic (exact) mass is 387 g/mol. The summed E-state index contributed by atoms with van der Waals surface area (Å²) in [6.07, 6.45) is 0. The van der Waals surface area contributed by atoms with Crippen LogP contribution in [0, 0.1) is 5.92 Å². The Morgan fingerprint density at radius 3 is 2.88 bits per heavy atom. The first-order valence-corrected chi connectivity index (χ1v) is 9.55. The molecule has 2 aromatic carbocycles. The molecule has 0 radical (unpaired) electrons. The summed E-state index contributed by atoms with van der Waals surface area (Å²) in [5.74, 6) is 0.811. The fourth-order valence-electron chi connectivity index (χ4n) is 2.98. The van der Waals surface area contributed by atoms with Crippen molar-refractivity contribution in [1.29, 1.82) is 0 Å². The van der Waals surface area contributed by atoms with Crippen molar-refractivity contribution in [2.45, 2.75) is 6.54 Å². The molecule has 0 spiro atoms. The predicted octanol–water partition coefficient (Wildman–Crippen LogP) is 3.71. The number of hydrogen-bond acceptors (Lipinski definition) is 5. The van der Waals surface area contributed by atoms with Gasteiger partial charge in [0.15, 0.2) is 5.13 Å². The molecule has 4 rings (SSSR count). The molecule has 26 heavy (non-hydrogen) atoms. The number of carbonyl (C=O) groups excluding carboxylic acids is 1. The Bertz CT molecular complexity index is 953. The number of methoxy groups -OCH3 is 1. The summed E-state index contributed by atoms with van der Waals surface area (Å²) in [5.41, 5.74) is 1.80. The van der Waals surface area contributed by atoms with Crippen molar-refractivity contribution in [3.05, 3.63) is 53.1 Å². The smallest absolute Gasteiger partial charge is 0.226 e. The van der Waals surface area contributed by atoms with Crippen LogP contribution in [0.2, 0.25) is 5.02 Å². The molecule has 7 heteroatoms. The quantitative estimate of drug-likeness (QED) is 0.725. The molecule has 134 valence electrons. The second-order valence-corrected chi connectivity index (χ2v) is 7.63. The first kappa shape index (κ1) is 17.1. The second kappa shape index (κ2) is 7.13. The van der Waals surface area contributed by atoms with E-state index in [1.165, 1.54) is 0 Å². The molecule has 1 saturated heterocycles. The van der Waals surface area contributed by atoms with Crippen LogP contribution in [-0.2, 0) is 11.3 Å². The Labute approximate surface area is 160 Å². The van der Waals surface area contributed by atoms with Crippen molar-refractivity contribution in [1.82, 2.24) is 10.3 Å². The highest BCUT2D eigenvalue weighted by molar-refractivity contribution is 7.22. The lowest BCUT2D eigenvalue weighted by Crippen LogP contribution is -2.53. The van der Waals surface area contributed by atoms with Crippen LogP contribution in [0.1, 0.15) is 5.56 Å². The summed E-state index contributed by atoms with van der Waals surface area (Å²) in [6.45, 7) is 1.81. The molecule has 2 heterocycles. The van der Waals surface area contributed by atoms with Crippen molar-refractivity contribution >= 4 is 44.2 Å². The number of nitrogens with zero attached hydrogens (tertiary/aromatic N) is 2. The van der Waals surface area contributed by atoms with Gasteiger partial charge in [0, 0.05) is 24.7 Å². The number of amides is 1. The van der Waals surface area contributed by atoms with Gasteiger partial charge in [-0.1, -0.05) is 47.2 Å². The van der Waals surface area contributed by atoms with Gasteiger partial charge < -0.3 is 15.0 Å². The van der Waals surface area contributed by atoms with Gasteiger partial charge in [-0.2, -0.15) is 0 Å². The summed E-state index contributed by atoms with van der Waals surface area (Å²) in [4.78, 5) is 19.1. The lowest BCUT2D eigenvalue weighted by Gasteiger charge is -2.38. The first-order chi connectivity index (χ1) is 12.7. The van der Waals surface area contributed by atoms with Crippen LogP contribution in [0.25, 0.3) is 10.2 Å². The third kappa shape index (κ3) is 3.22. The van der Waals surface area contributed by atoms with Crippen molar-refractivity contribution in [2.24, 2.45) is 5.92 Å². The van der Waals surface area contributed by atoms with E-state index in [9.17, 15) is 4.79 Å². The zero-order valence-electron chi connectivity index (χ0n) is 14.2. The number of aromatic nitrogens is 1. The molecule has 0 unspecified atom stereocenters. The molecule has 1 amide bonds. The highest BCUT2D eigenvalue weighted by atomic mass is 35.5. The van der Waals surface area contributed by atoms with Gasteiger partial charge >= 0.3 is 0 Å². The molecular weight excluding hydrogens is 370 g/mol. The number of hydrogen-bond donors (Lipinski definition) is 1. The van der Waals surface area contributed by atoms with E-state index in [2.05, 4.69) is 15.2 Å². The minimum atomic E-state index is -0.0219. The zero-order chi connectivity index (χ0) is 18.1. The maximum atomic E-state index is 12.3. The lowest BCUT2D eigenvalue weighted by atomic mass is 10.00. The number of halogens is 1. The molecule has 1 aliphatic rings. The minimum absolute atomic E-state index is 0.0219. The largest absolute Gasteiger partial charge is 0.494 e. The fourth-order valence-corrected chi connectivity index (χ4v) is 4.18. The van der Waals surface area contributed by atoms with Crippen LogP contribution >= 0.6 is 22.9 Å².